The van der Waals surface area contributed by atoms with Crippen LogP contribution in [0, 0.1) is 17.6 Å². The lowest BCUT2D eigenvalue weighted by Crippen LogP contribution is -2.31. The van der Waals surface area contributed by atoms with Crippen LogP contribution < -0.4 is 5.73 Å². The Bertz CT molecular complexity index is 353. The van der Waals surface area contributed by atoms with Gasteiger partial charge in [-0.3, -0.25) is 0 Å². The topological polar surface area (TPSA) is 29.3 Å². The van der Waals surface area contributed by atoms with Crippen LogP contribution in [0.3, 0.4) is 0 Å². The van der Waals surface area contributed by atoms with Crippen LogP contribution in [0.1, 0.15) is 18.5 Å². The molecule has 2 atom stereocenters. The lowest BCUT2D eigenvalue weighted by molar-refractivity contribution is 0.221. The molecule has 1 rings (SSSR count). The molecule has 0 aliphatic heterocycles. The third-order valence-electron chi connectivity index (χ3n) is 2.74. The molecule has 0 saturated carbocycles. The summed E-state index contributed by atoms with van der Waals surface area (Å²) in [5.41, 5.74) is 5.96. The molecular weight excluding hydrogens is 210 g/mol. The van der Waals surface area contributed by atoms with Gasteiger partial charge in [0.25, 0.3) is 0 Å². The van der Waals surface area contributed by atoms with E-state index in [-0.39, 0.29) is 17.8 Å². The molecule has 0 aliphatic rings. The minimum atomic E-state index is -0.424. The second-order valence-corrected chi connectivity index (χ2v) is 4.29. The zero-order chi connectivity index (χ0) is 12.3. The van der Waals surface area contributed by atoms with Crippen LogP contribution in [-0.4, -0.2) is 25.5 Å². The first-order chi connectivity index (χ1) is 7.47. The van der Waals surface area contributed by atoms with Crippen molar-refractivity contribution in [3.8, 4) is 0 Å². The monoisotopic (exact) mass is 228 g/mol. The van der Waals surface area contributed by atoms with E-state index < -0.39 is 5.82 Å². The average molecular weight is 228 g/mol. The first kappa shape index (κ1) is 13.1. The van der Waals surface area contributed by atoms with Crippen molar-refractivity contribution >= 4 is 0 Å². The van der Waals surface area contributed by atoms with Crippen molar-refractivity contribution in [3.05, 3.63) is 35.4 Å². The molecule has 2 nitrogen and oxygen atoms in total. The zero-order valence-electron chi connectivity index (χ0n) is 9.87. The van der Waals surface area contributed by atoms with Gasteiger partial charge in [0.05, 0.1) is 0 Å². The first-order valence-electron chi connectivity index (χ1n) is 5.28. The average Bonchev–Trinajstić information content (AvgIpc) is 2.22. The minimum absolute atomic E-state index is 0.0614. The standard InChI is InChI=1S/C12H18F2N2/c1-8(7-15)12(16(2)3)10-6-9(13)4-5-11(10)14/h4-6,8,12H,7,15H2,1-3H3. The van der Waals surface area contributed by atoms with E-state index in [4.69, 9.17) is 5.73 Å². The molecule has 4 heteroatoms. The molecule has 0 aromatic heterocycles. The molecule has 0 amide bonds. The molecule has 0 saturated heterocycles. The lowest BCUT2D eigenvalue weighted by atomic mass is 9.93. The van der Waals surface area contributed by atoms with Gasteiger partial charge in [-0.15, -0.1) is 0 Å². The quantitative estimate of drug-likeness (QED) is 0.855. The predicted octanol–water partition coefficient (Wildman–Crippen LogP) is 2.16. The van der Waals surface area contributed by atoms with E-state index in [1.54, 1.807) is 0 Å². The van der Waals surface area contributed by atoms with Crippen LogP contribution in [0.5, 0.6) is 0 Å². The first-order valence-corrected chi connectivity index (χ1v) is 5.28. The highest BCUT2D eigenvalue weighted by Crippen LogP contribution is 2.28. The van der Waals surface area contributed by atoms with Gasteiger partial charge in [-0.25, -0.2) is 8.78 Å². The van der Waals surface area contributed by atoms with E-state index in [1.807, 2.05) is 25.9 Å². The maximum Gasteiger partial charge on any atom is 0.128 e. The van der Waals surface area contributed by atoms with Crippen LogP contribution in [0.2, 0.25) is 0 Å². The summed E-state index contributed by atoms with van der Waals surface area (Å²) >= 11 is 0. The second kappa shape index (κ2) is 5.37. The Hall–Kier alpha value is -1.00. The van der Waals surface area contributed by atoms with Crippen molar-refractivity contribution < 1.29 is 8.78 Å². The number of hydrogen-bond acceptors (Lipinski definition) is 2. The highest BCUT2D eigenvalue weighted by atomic mass is 19.1. The molecule has 2 N–H and O–H groups in total. The molecule has 16 heavy (non-hydrogen) atoms. The molecule has 0 bridgehead atoms. The zero-order valence-corrected chi connectivity index (χ0v) is 9.87. The minimum Gasteiger partial charge on any atom is -0.330 e. The van der Waals surface area contributed by atoms with Crippen LogP contribution in [0.15, 0.2) is 18.2 Å². The highest BCUT2D eigenvalue weighted by molar-refractivity contribution is 5.23. The summed E-state index contributed by atoms with van der Waals surface area (Å²) in [6, 6.07) is 3.32. The van der Waals surface area contributed by atoms with Gasteiger partial charge in [0.1, 0.15) is 11.6 Å². The summed E-state index contributed by atoms with van der Waals surface area (Å²) in [5, 5.41) is 0. The second-order valence-electron chi connectivity index (χ2n) is 4.29. The Morgan fingerprint density at radius 1 is 1.31 bits per heavy atom. The van der Waals surface area contributed by atoms with E-state index in [2.05, 4.69) is 0 Å². The van der Waals surface area contributed by atoms with Gasteiger partial charge >= 0.3 is 0 Å². The molecule has 0 aliphatic carbocycles. The number of nitrogens with two attached hydrogens (primary N) is 1. The number of rotatable bonds is 4. The number of hydrogen-bond donors (Lipinski definition) is 1. The fraction of sp³-hybridized carbons (Fsp3) is 0.500. The third-order valence-corrected chi connectivity index (χ3v) is 2.74. The Balaban J connectivity index is 3.15. The van der Waals surface area contributed by atoms with E-state index in [9.17, 15) is 8.78 Å². The van der Waals surface area contributed by atoms with E-state index in [1.165, 1.54) is 6.07 Å². The largest absolute Gasteiger partial charge is 0.330 e. The van der Waals surface area contributed by atoms with Crippen molar-refractivity contribution in [2.75, 3.05) is 20.6 Å². The molecule has 1 aromatic carbocycles. The van der Waals surface area contributed by atoms with Gasteiger partial charge in [-0.1, -0.05) is 6.92 Å². The maximum atomic E-state index is 13.6. The Morgan fingerprint density at radius 3 is 2.44 bits per heavy atom. The molecule has 0 spiro atoms. The molecule has 0 fully saturated rings. The van der Waals surface area contributed by atoms with Crippen LogP contribution in [-0.2, 0) is 0 Å². The summed E-state index contributed by atoms with van der Waals surface area (Å²) < 4.78 is 26.8. The van der Waals surface area contributed by atoms with Gasteiger partial charge in [-0.05, 0) is 44.8 Å². The van der Waals surface area contributed by atoms with Crippen molar-refractivity contribution in [2.45, 2.75) is 13.0 Å². The number of benzene rings is 1. The Labute approximate surface area is 95.1 Å². The molecule has 0 heterocycles. The van der Waals surface area contributed by atoms with Crippen molar-refractivity contribution in [1.82, 2.24) is 4.90 Å². The summed E-state index contributed by atoms with van der Waals surface area (Å²) in [6.07, 6.45) is 0. The van der Waals surface area contributed by atoms with Crippen LogP contribution >= 0.6 is 0 Å². The molecule has 2 unspecified atom stereocenters. The van der Waals surface area contributed by atoms with Crippen LogP contribution in [0.25, 0.3) is 0 Å². The van der Waals surface area contributed by atoms with Crippen molar-refractivity contribution in [3.63, 3.8) is 0 Å². The SMILES string of the molecule is CC(CN)C(c1cc(F)ccc1F)N(C)C. The van der Waals surface area contributed by atoms with Crippen molar-refractivity contribution in [1.29, 1.82) is 0 Å². The van der Waals surface area contributed by atoms with Gasteiger partial charge in [-0.2, -0.15) is 0 Å². The van der Waals surface area contributed by atoms with E-state index in [0.717, 1.165) is 12.1 Å². The van der Waals surface area contributed by atoms with Gasteiger partial charge < -0.3 is 10.6 Å². The van der Waals surface area contributed by atoms with E-state index >= 15 is 0 Å². The smallest absolute Gasteiger partial charge is 0.128 e. The van der Waals surface area contributed by atoms with Crippen LogP contribution in [0.4, 0.5) is 8.78 Å². The maximum absolute atomic E-state index is 13.6. The highest BCUT2D eigenvalue weighted by Gasteiger charge is 2.23. The molecule has 1 aromatic rings. The normalized spacial score (nSPS) is 15.2. The fourth-order valence-corrected chi connectivity index (χ4v) is 1.96. The Kier molecular flexibility index (Phi) is 4.38. The molecule has 0 radical (unpaired) electrons. The summed E-state index contributed by atoms with van der Waals surface area (Å²) in [7, 11) is 3.67. The fourth-order valence-electron chi connectivity index (χ4n) is 1.96. The number of nitrogens with zero attached hydrogens (tertiary/aromatic N) is 1. The van der Waals surface area contributed by atoms with Crippen molar-refractivity contribution in [2.24, 2.45) is 11.7 Å². The van der Waals surface area contributed by atoms with Gasteiger partial charge in [0.2, 0.25) is 0 Å². The summed E-state index contributed by atoms with van der Waals surface area (Å²) in [5.74, 6) is -0.751. The molecule has 90 valence electrons. The van der Waals surface area contributed by atoms with E-state index in [0.29, 0.717) is 12.1 Å². The number of halogens is 2. The molecular formula is C12H18F2N2. The third kappa shape index (κ3) is 2.77. The Morgan fingerprint density at radius 2 is 1.94 bits per heavy atom. The summed E-state index contributed by atoms with van der Waals surface area (Å²) in [6.45, 7) is 2.35. The van der Waals surface area contributed by atoms with Gasteiger partial charge in [0, 0.05) is 11.6 Å². The lowest BCUT2D eigenvalue weighted by Gasteiger charge is -2.30. The predicted molar refractivity (Wildman–Crippen MR) is 61.0 cm³/mol. The summed E-state index contributed by atoms with van der Waals surface area (Å²) in [4.78, 5) is 1.86. The van der Waals surface area contributed by atoms with Gasteiger partial charge in [0.15, 0.2) is 0 Å².